The molecule has 210 valence electrons. The summed E-state index contributed by atoms with van der Waals surface area (Å²) in [5.74, 6) is -0.743. The van der Waals surface area contributed by atoms with Gasteiger partial charge in [0, 0.05) is 44.6 Å². The number of hydrogen-bond donors (Lipinski definition) is 2. The standard InChI is InChI=1S/C26H31F3N6O4/c1-16-20-21(36)19(23(37)31-18-7-5-17(6-8-18)26(27,28)29)15-30-22(20)35(32-16)14-11-33-9-12-34(13-10-33)24(38)39-25(2,3)4/h5-8,15H,9-14H2,1-4H3,(H,30,36)(H,31,37). The van der Waals surface area contributed by atoms with E-state index >= 15 is 0 Å². The van der Waals surface area contributed by atoms with E-state index in [-0.39, 0.29) is 22.7 Å². The Morgan fingerprint density at radius 1 is 1.05 bits per heavy atom. The Morgan fingerprint density at radius 3 is 2.28 bits per heavy atom. The number of ether oxygens (including phenoxy) is 1. The van der Waals surface area contributed by atoms with Gasteiger partial charge in [-0.05, 0) is 52.0 Å². The van der Waals surface area contributed by atoms with E-state index in [1.165, 1.54) is 6.20 Å². The molecule has 1 aliphatic rings. The molecule has 1 aliphatic heterocycles. The minimum atomic E-state index is -4.49. The fraction of sp³-hybridized carbons (Fsp3) is 0.462. The summed E-state index contributed by atoms with van der Waals surface area (Å²) in [5, 5.41) is 7.20. The molecule has 10 nitrogen and oxygen atoms in total. The smallest absolute Gasteiger partial charge is 0.416 e. The van der Waals surface area contributed by atoms with Crippen molar-refractivity contribution >= 4 is 28.7 Å². The van der Waals surface area contributed by atoms with Crippen molar-refractivity contribution in [3.05, 3.63) is 57.5 Å². The van der Waals surface area contributed by atoms with Gasteiger partial charge in [-0.1, -0.05) is 0 Å². The van der Waals surface area contributed by atoms with E-state index in [1.54, 1.807) is 16.5 Å². The lowest BCUT2D eigenvalue weighted by molar-refractivity contribution is -0.137. The lowest BCUT2D eigenvalue weighted by atomic mass is 10.1. The van der Waals surface area contributed by atoms with Crippen molar-refractivity contribution in [3.8, 4) is 0 Å². The average Bonchev–Trinajstić information content (AvgIpc) is 3.18. The molecule has 0 atom stereocenters. The summed E-state index contributed by atoms with van der Waals surface area (Å²) >= 11 is 0. The zero-order chi connectivity index (χ0) is 28.5. The predicted octanol–water partition coefficient (Wildman–Crippen LogP) is 3.86. The molecule has 3 aromatic rings. The van der Waals surface area contributed by atoms with Crippen LogP contribution < -0.4 is 10.7 Å². The van der Waals surface area contributed by atoms with Crippen molar-refractivity contribution in [3.63, 3.8) is 0 Å². The number of alkyl halides is 3. The molecule has 3 heterocycles. The number of piperazine rings is 1. The van der Waals surface area contributed by atoms with Crippen LogP contribution >= 0.6 is 0 Å². The third-order valence-electron chi connectivity index (χ3n) is 6.32. The largest absolute Gasteiger partial charge is 0.444 e. The Labute approximate surface area is 222 Å². The van der Waals surface area contributed by atoms with Crippen LogP contribution in [0.5, 0.6) is 0 Å². The molecule has 1 saturated heterocycles. The minimum absolute atomic E-state index is 0.131. The summed E-state index contributed by atoms with van der Waals surface area (Å²) in [6, 6.07) is 3.97. The van der Waals surface area contributed by atoms with Crippen LogP contribution in [0.2, 0.25) is 0 Å². The van der Waals surface area contributed by atoms with Crippen LogP contribution in [-0.2, 0) is 17.5 Å². The Morgan fingerprint density at radius 2 is 1.69 bits per heavy atom. The molecule has 13 heteroatoms. The van der Waals surface area contributed by atoms with Gasteiger partial charge in [-0.25, -0.2) is 9.48 Å². The molecule has 0 bridgehead atoms. The number of halogens is 3. The number of nitrogens with one attached hydrogen (secondary N) is 2. The van der Waals surface area contributed by atoms with Gasteiger partial charge < -0.3 is 19.9 Å². The number of pyridine rings is 1. The van der Waals surface area contributed by atoms with Gasteiger partial charge in [-0.2, -0.15) is 18.3 Å². The highest BCUT2D eigenvalue weighted by Crippen LogP contribution is 2.30. The normalized spacial score (nSPS) is 15.0. The average molecular weight is 549 g/mol. The molecule has 0 unspecified atom stereocenters. The maximum Gasteiger partial charge on any atom is 0.416 e. The second kappa shape index (κ2) is 10.7. The molecule has 39 heavy (non-hydrogen) atoms. The molecule has 0 radical (unpaired) electrons. The van der Waals surface area contributed by atoms with Crippen molar-refractivity contribution in [1.82, 2.24) is 24.6 Å². The number of aryl methyl sites for hydroxylation is 1. The molecule has 0 aliphatic carbocycles. The Hall–Kier alpha value is -3.87. The molecule has 2 N–H and O–H groups in total. The first-order valence-electron chi connectivity index (χ1n) is 12.5. The van der Waals surface area contributed by atoms with Crippen LogP contribution in [0.15, 0.2) is 35.3 Å². The molecule has 1 aromatic carbocycles. The highest BCUT2D eigenvalue weighted by atomic mass is 19.4. The molecular weight excluding hydrogens is 517 g/mol. The summed E-state index contributed by atoms with van der Waals surface area (Å²) < 4.78 is 45.4. The Bertz CT molecular complexity index is 1410. The zero-order valence-corrected chi connectivity index (χ0v) is 22.2. The molecular formula is C26H31F3N6O4. The molecule has 2 aromatic heterocycles. The van der Waals surface area contributed by atoms with Gasteiger partial charge in [0.25, 0.3) is 5.91 Å². The Kier molecular flexibility index (Phi) is 7.73. The number of fused-ring (bicyclic) bond motifs is 1. The summed E-state index contributed by atoms with van der Waals surface area (Å²) in [7, 11) is 0. The number of aromatic amines is 1. The first kappa shape index (κ1) is 28.1. The van der Waals surface area contributed by atoms with E-state index in [0.717, 1.165) is 24.3 Å². The zero-order valence-electron chi connectivity index (χ0n) is 22.2. The molecule has 4 rings (SSSR count). The maximum absolute atomic E-state index is 13.1. The number of nitrogens with zero attached hydrogens (tertiary/aromatic N) is 4. The van der Waals surface area contributed by atoms with Crippen molar-refractivity contribution in [2.24, 2.45) is 0 Å². The van der Waals surface area contributed by atoms with E-state index in [4.69, 9.17) is 4.74 Å². The second-order valence-corrected chi connectivity index (χ2v) is 10.4. The van der Waals surface area contributed by atoms with Crippen molar-refractivity contribution in [2.45, 2.75) is 46.0 Å². The minimum Gasteiger partial charge on any atom is -0.444 e. The van der Waals surface area contributed by atoms with E-state index < -0.39 is 28.7 Å². The lowest BCUT2D eigenvalue weighted by Crippen LogP contribution is -2.50. The number of amides is 2. The topological polar surface area (TPSA) is 113 Å². The fourth-order valence-corrected chi connectivity index (χ4v) is 4.33. The summed E-state index contributed by atoms with van der Waals surface area (Å²) in [6.07, 6.45) is -3.54. The van der Waals surface area contributed by atoms with Crippen LogP contribution in [0, 0.1) is 6.92 Å². The lowest BCUT2D eigenvalue weighted by Gasteiger charge is -2.35. The summed E-state index contributed by atoms with van der Waals surface area (Å²) in [4.78, 5) is 45.0. The molecule has 0 saturated carbocycles. The van der Waals surface area contributed by atoms with Gasteiger partial charge in [0.05, 0.1) is 23.2 Å². The monoisotopic (exact) mass is 548 g/mol. The number of benzene rings is 1. The van der Waals surface area contributed by atoms with E-state index in [1.807, 2.05) is 20.8 Å². The van der Waals surface area contributed by atoms with E-state index in [2.05, 4.69) is 20.3 Å². The van der Waals surface area contributed by atoms with Gasteiger partial charge in [-0.15, -0.1) is 0 Å². The Balaban J connectivity index is 1.40. The van der Waals surface area contributed by atoms with Gasteiger partial charge >= 0.3 is 12.3 Å². The summed E-state index contributed by atoms with van der Waals surface area (Å²) in [6.45, 7) is 10.7. The van der Waals surface area contributed by atoms with Crippen LogP contribution in [0.1, 0.15) is 42.4 Å². The number of hydrogen-bond acceptors (Lipinski definition) is 6. The number of carbonyl (C=O) groups is 2. The fourth-order valence-electron chi connectivity index (χ4n) is 4.33. The molecule has 2 amide bonds. The third-order valence-corrected chi connectivity index (χ3v) is 6.32. The first-order valence-corrected chi connectivity index (χ1v) is 12.5. The summed E-state index contributed by atoms with van der Waals surface area (Å²) in [5.41, 5.74) is -1.04. The molecule has 1 fully saturated rings. The highest BCUT2D eigenvalue weighted by Gasteiger charge is 2.30. The van der Waals surface area contributed by atoms with Gasteiger partial charge in [0.15, 0.2) is 0 Å². The van der Waals surface area contributed by atoms with Gasteiger partial charge in [0.1, 0.15) is 16.8 Å². The highest BCUT2D eigenvalue weighted by molar-refractivity contribution is 6.05. The van der Waals surface area contributed by atoms with E-state index in [0.29, 0.717) is 50.6 Å². The predicted molar refractivity (Wildman–Crippen MR) is 139 cm³/mol. The van der Waals surface area contributed by atoms with Gasteiger partial charge in [0.2, 0.25) is 5.43 Å². The van der Waals surface area contributed by atoms with Gasteiger partial charge in [-0.3, -0.25) is 14.5 Å². The molecule has 0 spiro atoms. The van der Waals surface area contributed by atoms with E-state index in [9.17, 15) is 27.6 Å². The van der Waals surface area contributed by atoms with Crippen molar-refractivity contribution in [2.75, 3.05) is 38.0 Å². The van der Waals surface area contributed by atoms with Crippen LogP contribution in [0.3, 0.4) is 0 Å². The number of aromatic nitrogens is 3. The van der Waals surface area contributed by atoms with Crippen LogP contribution in [0.25, 0.3) is 11.0 Å². The number of carbonyl (C=O) groups excluding carboxylic acids is 2. The van der Waals surface area contributed by atoms with Crippen molar-refractivity contribution in [1.29, 1.82) is 0 Å². The second-order valence-electron chi connectivity index (χ2n) is 10.4. The number of rotatable bonds is 5. The van der Waals surface area contributed by atoms with Crippen LogP contribution in [-0.4, -0.2) is 74.9 Å². The first-order chi connectivity index (χ1) is 18.2. The number of anilines is 1. The SMILES string of the molecule is Cc1nn(CCN2CCN(C(=O)OC(C)(C)C)CC2)c2[nH]cc(C(=O)Nc3ccc(C(F)(F)F)cc3)c(=O)c12. The third kappa shape index (κ3) is 6.59. The maximum atomic E-state index is 13.1. The quantitative estimate of drug-likeness (QED) is 0.501. The number of H-pyrrole nitrogens is 1. The van der Waals surface area contributed by atoms with Crippen molar-refractivity contribution < 1.29 is 27.5 Å². The van der Waals surface area contributed by atoms with Crippen LogP contribution in [0.4, 0.5) is 23.7 Å².